The number of hydrogen-bond acceptors (Lipinski definition) is 2. The summed E-state index contributed by atoms with van der Waals surface area (Å²) in [4.78, 5) is 11.9. The molecule has 1 aromatic rings. The maximum absolute atomic E-state index is 11.9. The molecule has 2 heteroatoms. The molecule has 0 amide bonds. The second kappa shape index (κ2) is 3.62. The average molecular weight is 218 g/mol. The van der Waals surface area contributed by atoms with E-state index in [2.05, 4.69) is 26.8 Å². The van der Waals surface area contributed by atoms with Crippen molar-refractivity contribution in [3.63, 3.8) is 0 Å². The third kappa shape index (κ3) is 1.73. The quantitative estimate of drug-likeness (QED) is 0.668. The highest BCUT2D eigenvalue weighted by atomic mass is 16.5. The number of hydrogen-bond donors (Lipinski definition) is 0. The summed E-state index contributed by atoms with van der Waals surface area (Å²) in [5, 5.41) is 0. The van der Waals surface area contributed by atoms with E-state index in [4.69, 9.17) is 4.74 Å². The van der Waals surface area contributed by atoms with Crippen LogP contribution < -0.4 is 4.74 Å². The molecule has 0 N–H and O–H groups in total. The third-order valence-corrected chi connectivity index (χ3v) is 3.03. The third-order valence-electron chi connectivity index (χ3n) is 3.03. The van der Waals surface area contributed by atoms with E-state index in [0.717, 1.165) is 22.4 Å². The summed E-state index contributed by atoms with van der Waals surface area (Å²) >= 11 is 0. The number of Topliss-reactive ketones (excluding diaryl/α,β-unsaturated/α-hetero) is 1. The number of benzene rings is 1. The Bertz CT molecular complexity index is 439. The van der Waals surface area contributed by atoms with Crippen molar-refractivity contribution in [3.8, 4) is 5.75 Å². The Kier molecular flexibility index (Phi) is 2.53. The van der Waals surface area contributed by atoms with Gasteiger partial charge in [-0.05, 0) is 17.9 Å². The Labute approximate surface area is 96.6 Å². The maximum atomic E-state index is 11.9. The molecule has 0 saturated carbocycles. The molecule has 2 nitrogen and oxygen atoms in total. The van der Waals surface area contributed by atoms with Gasteiger partial charge in [0.2, 0.25) is 0 Å². The van der Waals surface area contributed by atoms with Crippen molar-refractivity contribution in [2.45, 2.75) is 39.5 Å². The van der Waals surface area contributed by atoms with Gasteiger partial charge in [-0.2, -0.15) is 0 Å². The lowest BCUT2D eigenvalue weighted by atomic mass is 9.83. The number of carbonyl (C=O) groups is 1. The van der Waals surface area contributed by atoms with Crippen LogP contribution in [0.5, 0.6) is 5.75 Å². The minimum absolute atomic E-state index is 0.00933. The van der Waals surface area contributed by atoms with Crippen LogP contribution in [0.1, 0.15) is 48.7 Å². The molecule has 0 bridgehead atoms. The van der Waals surface area contributed by atoms with Gasteiger partial charge in [0, 0.05) is 12.0 Å². The second-order valence-corrected chi connectivity index (χ2v) is 5.41. The van der Waals surface area contributed by atoms with Crippen LogP contribution in [0.3, 0.4) is 0 Å². The van der Waals surface area contributed by atoms with Crippen LogP contribution in [0, 0.1) is 6.92 Å². The first-order chi connectivity index (χ1) is 7.41. The standard InChI is InChI=1S/C14H18O2/c1-9-5-6-10(14(2,3)4)13-12(9)11(15)7-8-16-13/h5-6H,7-8H2,1-4H3. The highest BCUT2D eigenvalue weighted by Gasteiger charge is 2.28. The zero-order valence-electron chi connectivity index (χ0n) is 10.4. The number of rotatable bonds is 0. The number of aryl methyl sites for hydroxylation is 1. The van der Waals surface area contributed by atoms with E-state index >= 15 is 0 Å². The van der Waals surface area contributed by atoms with Crippen LogP contribution in [0.2, 0.25) is 0 Å². The van der Waals surface area contributed by atoms with Gasteiger partial charge >= 0.3 is 0 Å². The van der Waals surface area contributed by atoms with Crippen molar-refractivity contribution >= 4 is 5.78 Å². The van der Waals surface area contributed by atoms with Crippen LogP contribution in [0.4, 0.5) is 0 Å². The van der Waals surface area contributed by atoms with Crippen molar-refractivity contribution in [1.82, 2.24) is 0 Å². The summed E-state index contributed by atoms with van der Waals surface area (Å²) in [5.41, 5.74) is 2.95. The van der Waals surface area contributed by atoms with Gasteiger partial charge in [0.25, 0.3) is 0 Å². The largest absolute Gasteiger partial charge is 0.492 e. The van der Waals surface area contributed by atoms with Gasteiger partial charge in [-0.15, -0.1) is 0 Å². The van der Waals surface area contributed by atoms with Crippen molar-refractivity contribution < 1.29 is 9.53 Å². The highest BCUT2D eigenvalue weighted by Crippen LogP contribution is 2.38. The van der Waals surface area contributed by atoms with Crippen molar-refractivity contribution in [2.24, 2.45) is 0 Å². The zero-order valence-corrected chi connectivity index (χ0v) is 10.4. The predicted molar refractivity (Wildman–Crippen MR) is 64.3 cm³/mol. The fourth-order valence-electron chi connectivity index (χ4n) is 2.14. The fraction of sp³-hybridized carbons (Fsp3) is 0.500. The molecule has 0 unspecified atom stereocenters. The van der Waals surface area contributed by atoms with Crippen LogP contribution in [-0.4, -0.2) is 12.4 Å². The molecule has 0 atom stereocenters. The Morgan fingerprint density at radius 2 is 1.94 bits per heavy atom. The van der Waals surface area contributed by atoms with E-state index < -0.39 is 0 Å². The second-order valence-electron chi connectivity index (χ2n) is 5.41. The summed E-state index contributed by atoms with van der Waals surface area (Å²) in [7, 11) is 0. The van der Waals surface area contributed by atoms with E-state index in [1.807, 2.05) is 13.0 Å². The first kappa shape index (κ1) is 11.2. The lowest BCUT2D eigenvalue weighted by molar-refractivity contribution is 0.0931. The number of carbonyl (C=O) groups excluding carboxylic acids is 1. The van der Waals surface area contributed by atoms with Gasteiger partial charge in [-0.1, -0.05) is 32.9 Å². The van der Waals surface area contributed by atoms with Crippen LogP contribution in [0.15, 0.2) is 12.1 Å². The normalized spacial score (nSPS) is 15.6. The molecule has 0 fully saturated rings. The van der Waals surface area contributed by atoms with Crippen LogP contribution >= 0.6 is 0 Å². The summed E-state index contributed by atoms with van der Waals surface area (Å²) in [5.74, 6) is 1.02. The summed E-state index contributed by atoms with van der Waals surface area (Å²) in [6.07, 6.45) is 0.501. The zero-order chi connectivity index (χ0) is 11.9. The van der Waals surface area contributed by atoms with E-state index in [0.29, 0.717) is 13.0 Å². The van der Waals surface area contributed by atoms with Gasteiger partial charge in [0.15, 0.2) is 5.78 Å². The average Bonchev–Trinajstić information content (AvgIpc) is 2.16. The Morgan fingerprint density at radius 3 is 2.56 bits per heavy atom. The molecule has 86 valence electrons. The number of fused-ring (bicyclic) bond motifs is 1. The fourth-order valence-corrected chi connectivity index (χ4v) is 2.14. The smallest absolute Gasteiger partial charge is 0.170 e. The monoisotopic (exact) mass is 218 g/mol. The lowest BCUT2D eigenvalue weighted by Gasteiger charge is -2.27. The van der Waals surface area contributed by atoms with Crippen LogP contribution in [0.25, 0.3) is 0 Å². The minimum atomic E-state index is 0.00933. The molecule has 0 aromatic heterocycles. The number of ether oxygens (including phenoxy) is 1. The van der Waals surface area contributed by atoms with E-state index in [9.17, 15) is 4.79 Å². The topological polar surface area (TPSA) is 26.3 Å². The van der Waals surface area contributed by atoms with Gasteiger partial charge in [0.05, 0.1) is 12.2 Å². The molecule has 1 aliphatic heterocycles. The maximum Gasteiger partial charge on any atom is 0.170 e. The van der Waals surface area contributed by atoms with Crippen LogP contribution in [-0.2, 0) is 5.41 Å². The van der Waals surface area contributed by atoms with E-state index in [1.54, 1.807) is 0 Å². The molecule has 0 spiro atoms. The van der Waals surface area contributed by atoms with Crippen molar-refractivity contribution in [2.75, 3.05) is 6.61 Å². The molecule has 0 radical (unpaired) electrons. The number of ketones is 1. The van der Waals surface area contributed by atoms with Gasteiger partial charge in [0.1, 0.15) is 5.75 Å². The molecule has 1 aliphatic rings. The van der Waals surface area contributed by atoms with E-state index in [1.165, 1.54) is 0 Å². The molecule has 16 heavy (non-hydrogen) atoms. The van der Waals surface area contributed by atoms with Gasteiger partial charge < -0.3 is 4.74 Å². The minimum Gasteiger partial charge on any atom is -0.492 e. The Balaban J connectivity index is 2.67. The molecule has 1 aromatic carbocycles. The van der Waals surface area contributed by atoms with Crippen molar-refractivity contribution in [1.29, 1.82) is 0 Å². The van der Waals surface area contributed by atoms with Gasteiger partial charge in [-0.25, -0.2) is 0 Å². The summed E-state index contributed by atoms with van der Waals surface area (Å²) < 4.78 is 5.71. The lowest BCUT2D eigenvalue weighted by Crippen LogP contribution is -2.22. The van der Waals surface area contributed by atoms with E-state index in [-0.39, 0.29) is 11.2 Å². The molecule has 0 aliphatic carbocycles. The van der Waals surface area contributed by atoms with Gasteiger partial charge in [-0.3, -0.25) is 4.79 Å². The first-order valence-corrected chi connectivity index (χ1v) is 5.71. The molecular formula is C14H18O2. The first-order valence-electron chi connectivity index (χ1n) is 5.71. The van der Waals surface area contributed by atoms with Crippen molar-refractivity contribution in [3.05, 3.63) is 28.8 Å². The molecule has 1 heterocycles. The Hall–Kier alpha value is -1.31. The Morgan fingerprint density at radius 1 is 1.25 bits per heavy atom. The summed E-state index contributed by atoms with van der Waals surface area (Å²) in [6, 6.07) is 4.10. The summed E-state index contributed by atoms with van der Waals surface area (Å²) in [6.45, 7) is 8.90. The molecule has 2 rings (SSSR count). The molecular weight excluding hydrogens is 200 g/mol. The predicted octanol–water partition coefficient (Wildman–Crippen LogP) is 3.26. The SMILES string of the molecule is Cc1ccc(C(C)(C)C)c2c1C(=O)CCO2. The molecule has 0 saturated heterocycles. The highest BCUT2D eigenvalue weighted by molar-refractivity contribution is 6.01.